The van der Waals surface area contributed by atoms with E-state index in [0.29, 0.717) is 0 Å². The SMILES string of the molecule is Cc1c(Cl)sc(S(=O)(=O)NC(C)(C)C)c1F. The van der Waals surface area contributed by atoms with Gasteiger partial charge >= 0.3 is 0 Å². The molecule has 0 aliphatic rings. The summed E-state index contributed by atoms with van der Waals surface area (Å²) in [4.78, 5) is 0. The normalized spacial score (nSPS) is 13.1. The zero-order valence-electron chi connectivity index (χ0n) is 9.39. The molecule has 0 saturated heterocycles. The third-order valence-corrected chi connectivity index (χ3v) is 5.49. The molecular formula is C9H13ClFNO2S2. The number of rotatable bonds is 2. The van der Waals surface area contributed by atoms with Crippen LogP contribution in [-0.4, -0.2) is 14.0 Å². The second kappa shape index (κ2) is 4.25. The van der Waals surface area contributed by atoms with Gasteiger partial charge in [-0.15, -0.1) is 11.3 Å². The molecule has 0 atom stereocenters. The maximum Gasteiger partial charge on any atom is 0.253 e. The molecule has 0 spiro atoms. The first kappa shape index (κ1) is 13.9. The summed E-state index contributed by atoms with van der Waals surface area (Å²) in [5, 5.41) is 0. The van der Waals surface area contributed by atoms with Crippen LogP contribution in [0.25, 0.3) is 0 Å². The summed E-state index contributed by atoms with van der Waals surface area (Å²) in [6.07, 6.45) is 0. The fourth-order valence-corrected chi connectivity index (χ4v) is 4.27. The van der Waals surface area contributed by atoms with E-state index in [-0.39, 0.29) is 14.1 Å². The molecule has 0 fully saturated rings. The number of sulfonamides is 1. The highest BCUT2D eigenvalue weighted by molar-refractivity contribution is 7.91. The minimum absolute atomic E-state index is 0.159. The Hall–Kier alpha value is -0.170. The standard InChI is InChI=1S/C9H13ClFNO2S2/c1-5-6(11)8(15-7(5)10)16(13,14)12-9(2,3)4/h12H,1-4H3. The molecule has 1 aromatic heterocycles. The topological polar surface area (TPSA) is 46.2 Å². The van der Waals surface area contributed by atoms with Crippen molar-refractivity contribution in [1.29, 1.82) is 0 Å². The highest BCUT2D eigenvalue weighted by Crippen LogP contribution is 2.34. The zero-order valence-corrected chi connectivity index (χ0v) is 11.8. The van der Waals surface area contributed by atoms with Crippen molar-refractivity contribution in [2.24, 2.45) is 0 Å². The largest absolute Gasteiger partial charge is 0.253 e. The molecule has 1 rings (SSSR count). The Balaban J connectivity index is 3.24. The van der Waals surface area contributed by atoms with Gasteiger partial charge in [-0.05, 0) is 27.7 Å². The van der Waals surface area contributed by atoms with Crippen LogP contribution in [0.4, 0.5) is 4.39 Å². The van der Waals surface area contributed by atoms with Crippen LogP contribution < -0.4 is 4.72 Å². The lowest BCUT2D eigenvalue weighted by Gasteiger charge is -2.19. The van der Waals surface area contributed by atoms with Gasteiger partial charge in [0.2, 0.25) is 0 Å². The maximum absolute atomic E-state index is 13.6. The molecule has 16 heavy (non-hydrogen) atoms. The Bertz CT molecular complexity index is 502. The molecule has 0 amide bonds. The summed E-state index contributed by atoms with van der Waals surface area (Å²) in [5.74, 6) is -0.772. The summed E-state index contributed by atoms with van der Waals surface area (Å²) < 4.78 is 39.4. The first-order valence-corrected chi connectivity index (χ1v) is 7.21. The number of thiophene rings is 1. The second-order valence-electron chi connectivity index (χ2n) is 4.46. The Morgan fingerprint density at radius 2 is 1.88 bits per heavy atom. The van der Waals surface area contributed by atoms with E-state index in [9.17, 15) is 12.8 Å². The lowest BCUT2D eigenvalue weighted by Crippen LogP contribution is -2.40. The van der Waals surface area contributed by atoms with Gasteiger partial charge in [0.15, 0.2) is 10.0 Å². The second-order valence-corrected chi connectivity index (χ2v) is 7.96. The lowest BCUT2D eigenvalue weighted by atomic mass is 10.1. The third kappa shape index (κ3) is 2.94. The Morgan fingerprint density at radius 3 is 2.19 bits per heavy atom. The molecule has 0 unspecified atom stereocenters. The monoisotopic (exact) mass is 285 g/mol. The number of hydrogen-bond donors (Lipinski definition) is 1. The van der Waals surface area contributed by atoms with Gasteiger partial charge in [-0.3, -0.25) is 0 Å². The smallest absolute Gasteiger partial charge is 0.206 e. The highest BCUT2D eigenvalue weighted by Gasteiger charge is 2.29. The van der Waals surface area contributed by atoms with Gasteiger partial charge in [0.25, 0.3) is 10.0 Å². The van der Waals surface area contributed by atoms with Crippen LogP contribution in [0.5, 0.6) is 0 Å². The van der Waals surface area contributed by atoms with E-state index in [0.717, 1.165) is 11.3 Å². The van der Waals surface area contributed by atoms with E-state index in [1.807, 2.05) is 0 Å². The van der Waals surface area contributed by atoms with Gasteiger partial charge in [-0.25, -0.2) is 17.5 Å². The Kier molecular flexibility index (Phi) is 3.69. The molecule has 0 saturated carbocycles. The van der Waals surface area contributed by atoms with Crippen LogP contribution in [0.1, 0.15) is 26.3 Å². The maximum atomic E-state index is 13.6. The van der Waals surface area contributed by atoms with Crippen molar-refractivity contribution in [1.82, 2.24) is 4.72 Å². The Morgan fingerprint density at radius 1 is 1.38 bits per heavy atom. The molecule has 0 bridgehead atoms. The van der Waals surface area contributed by atoms with Crippen molar-refractivity contribution in [2.75, 3.05) is 0 Å². The molecule has 1 heterocycles. The van der Waals surface area contributed by atoms with Crippen LogP contribution in [0, 0.1) is 12.7 Å². The number of nitrogens with one attached hydrogen (secondary N) is 1. The van der Waals surface area contributed by atoms with Crippen molar-refractivity contribution in [3.8, 4) is 0 Å². The quantitative estimate of drug-likeness (QED) is 0.908. The van der Waals surface area contributed by atoms with Crippen LogP contribution in [0.3, 0.4) is 0 Å². The van der Waals surface area contributed by atoms with Crippen LogP contribution in [0.15, 0.2) is 4.21 Å². The van der Waals surface area contributed by atoms with E-state index in [4.69, 9.17) is 11.6 Å². The summed E-state index contributed by atoms with van der Waals surface area (Å²) in [5.41, 5.74) is -0.490. The number of hydrogen-bond acceptors (Lipinski definition) is 3. The molecule has 92 valence electrons. The van der Waals surface area contributed by atoms with Crippen molar-refractivity contribution < 1.29 is 12.8 Å². The van der Waals surface area contributed by atoms with E-state index < -0.39 is 21.4 Å². The molecular weight excluding hydrogens is 273 g/mol. The van der Waals surface area contributed by atoms with E-state index >= 15 is 0 Å². The van der Waals surface area contributed by atoms with E-state index in [1.165, 1.54) is 6.92 Å². The van der Waals surface area contributed by atoms with Gasteiger partial charge < -0.3 is 0 Å². The van der Waals surface area contributed by atoms with Gasteiger partial charge in [-0.2, -0.15) is 0 Å². The molecule has 0 aliphatic heterocycles. The summed E-state index contributed by atoms with van der Waals surface area (Å²) in [6, 6.07) is 0. The predicted octanol–water partition coefficient (Wildman–Crippen LogP) is 2.93. The van der Waals surface area contributed by atoms with Crippen LogP contribution >= 0.6 is 22.9 Å². The summed E-state index contributed by atoms with van der Waals surface area (Å²) in [6.45, 7) is 6.50. The van der Waals surface area contributed by atoms with Crippen molar-refractivity contribution >= 4 is 33.0 Å². The van der Waals surface area contributed by atoms with E-state index in [2.05, 4.69) is 4.72 Å². The average molecular weight is 286 g/mol. The molecule has 1 aromatic rings. The average Bonchev–Trinajstić information content (AvgIpc) is 2.29. The molecule has 1 N–H and O–H groups in total. The third-order valence-electron chi connectivity index (χ3n) is 1.67. The van der Waals surface area contributed by atoms with Gasteiger partial charge in [0.1, 0.15) is 4.34 Å². The van der Waals surface area contributed by atoms with Gasteiger partial charge in [-0.1, -0.05) is 11.6 Å². The van der Waals surface area contributed by atoms with Crippen LogP contribution in [0.2, 0.25) is 4.34 Å². The summed E-state index contributed by atoms with van der Waals surface area (Å²) >= 11 is 6.43. The predicted molar refractivity (Wildman–Crippen MR) is 64.1 cm³/mol. The minimum atomic E-state index is -3.84. The molecule has 3 nitrogen and oxygen atoms in total. The van der Waals surface area contributed by atoms with Gasteiger partial charge in [0, 0.05) is 11.1 Å². The molecule has 0 radical (unpaired) electrons. The van der Waals surface area contributed by atoms with E-state index in [1.54, 1.807) is 20.8 Å². The molecule has 0 aliphatic carbocycles. The molecule has 0 aromatic carbocycles. The van der Waals surface area contributed by atoms with Crippen LogP contribution in [-0.2, 0) is 10.0 Å². The van der Waals surface area contributed by atoms with Crippen molar-refractivity contribution in [2.45, 2.75) is 37.4 Å². The summed E-state index contributed by atoms with van der Waals surface area (Å²) in [7, 11) is -3.84. The fourth-order valence-electron chi connectivity index (χ4n) is 1.06. The Labute approximate surface area is 104 Å². The van der Waals surface area contributed by atoms with Crippen molar-refractivity contribution in [3.63, 3.8) is 0 Å². The zero-order chi connectivity index (χ0) is 12.7. The van der Waals surface area contributed by atoms with Crippen molar-refractivity contribution in [3.05, 3.63) is 15.7 Å². The fraction of sp³-hybridized carbons (Fsp3) is 0.556. The number of halogens is 2. The first-order chi connectivity index (χ1) is 7.04. The first-order valence-electron chi connectivity index (χ1n) is 4.53. The lowest BCUT2D eigenvalue weighted by molar-refractivity contribution is 0.488. The highest BCUT2D eigenvalue weighted by atomic mass is 35.5. The molecule has 7 heteroatoms. The minimum Gasteiger partial charge on any atom is -0.206 e. The van der Waals surface area contributed by atoms with Gasteiger partial charge in [0.05, 0.1) is 0 Å².